The SMILES string of the molecule is O=C(CN1C(=O)S/C(=C/c2cn(Cc3c(F)cccc3Cl)c3ccccc23)C1=O)N1CCCCC1. The van der Waals surface area contributed by atoms with Gasteiger partial charge in [0.15, 0.2) is 0 Å². The molecule has 2 aromatic carbocycles. The first-order valence-electron chi connectivity index (χ1n) is 11.5. The lowest BCUT2D eigenvalue weighted by molar-refractivity contribution is -0.136. The molecule has 9 heteroatoms. The number of likely N-dealkylation sites (tertiary alicyclic amines) is 1. The van der Waals surface area contributed by atoms with Gasteiger partial charge in [-0.15, -0.1) is 0 Å². The summed E-state index contributed by atoms with van der Waals surface area (Å²) in [4.78, 5) is 41.2. The molecule has 0 atom stereocenters. The number of aromatic nitrogens is 1. The molecule has 2 aliphatic heterocycles. The lowest BCUT2D eigenvalue weighted by Crippen LogP contribution is -2.44. The molecule has 0 saturated carbocycles. The van der Waals surface area contributed by atoms with E-state index in [0.29, 0.717) is 23.7 Å². The molecule has 1 aromatic heterocycles. The Labute approximate surface area is 211 Å². The third-order valence-corrected chi connectivity index (χ3v) is 7.63. The molecule has 3 aromatic rings. The summed E-state index contributed by atoms with van der Waals surface area (Å²) in [6.07, 6.45) is 6.45. The number of hydrogen-bond acceptors (Lipinski definition) is 4. The molecule has 35 heavy (non-hydrogen) atoms. The fraction of sp³-hybridized carbons (Fsp3) is 0.269. The molecule has 0 radical (unpaired) electrons. The first-order valence-corrected chi connectivity index (χ1v) is 12.7. The first kappa shape index (κ1) is 23.6. The molecule has 3 heterocycles. The Bertz CT molecular complexity index is 1340. The minimum Gasteiger partial charge on any atom is -0.342 e. The van der Waals surface area contributed by atoms with E-state index >= 15 is 0 Å². The van der Waals surface area contributed by atoms with Crippen molar-refractivity contribution in [2.75, 3.05) is 19.6 Å². The predicted molar refractivity (Wildman–Crippen MR) is 136 cm³/mol. The summed E-state index contributed by atoms with van der Waals surface area (Å²) in [5.41, 5.74) is 1.94. The number of halogens is 2. The summed E-state index contributed by atoms with van der Waals surface area (Å²) in [6, 6.07) is 12.2. The van der Waals surface area contributed by atoms with Gasteiger partial charge in [0, 0.05) is 46.3 Å². The summed E-state index contributed by atoms with van der Waals surface area (Å²) < 4.78 is 16.3. The van der Waals surface area contributed by atoms with Crippen LogP contribution in [0.25, 0.3) is 17.0 Å². The number of thioether (sulfide) groups is 1. The zero-order chi connectivity index (χ0) is 24.5. The van der Waals surface area contributed by atoms with Gasteiger partial charge >= 0.3 is 0 Å². The second-order valence-electron chi connectivity index (χ2n) is 8.64. The number of carbonyl (C=O) groups excluding carboxylic acids is 3. The summed E-state index contributed by atoms with van der Waals surface area (Å²) >= 11 is 7.07. The van der Waals surface area contributed by atoms with Gasteiger partial charge in [0.05, 0.1) is 11.4 Å². The van der Waals surface area contributed by atoms with Crippen LogP contribution in [-0.2, 0) is 16.1 Å². The molecular weight excluding hydrogens is 489 g/mol. The third-order valence-electron chi connectivity index (χ3n) is 6.37. The van der Waals surface area contributed by atoms with Crippen molar-refractivity contribution >= 4 is 57.4 Å². The molecule has 3 amide bonds. The number of piperidine rings is 1. The summed E-state index contributed by atoms with van der Waals surface area (Å²) in [7, 11) is 0. The smallest absolute Gasteiger partial charge is 0.294 e. The Hall–Kier alpha value is -3.10. The van der Waals surface area contributed by atoms with Crippen LogP contribution in [-0.4, -0.2) is 51.1 Å². The predicted octanol–water partition coefficient (Wildman–Crippen LogP) is 5.53. The Morgan fingerprint density at radius 3 is 2.60 bits per heavy atom. The van der Waals surface area contributed by atoms with Crippen LogP contribution in [0.15, 0.2) is 53.6 Å². The van der Waals surface area contributed by atoms with Crippen molar-refractivity contribution in [2.24, 2.45) is 0 Å². The van der Waals surface area contributed by atoms with Crippen molar-refractivity contribution in [2.45, 2.75) is 25.8 Å². The minimum absolute atomic E-state index is 0.202. The van der Waals surface area contributed by atoms with Crippen LogP contribution in [0.4, 0.5) is 9.18 Å². The zero-order valence-electron chi connectivity index (χ0n) is 18.9. The molecule has 0 aliphatic carbocycles. The molecule has 0 spiro atoms. The van der Waals surface area contributed by atoms with Gasteiger partial charge in [0.25, 0.3) is 11.1 Å². The summed E-state index contributed by atoms with van der Waals surface area (Å²) in [5.74, 6) is -1.07. The molecule has 5 rings (SSSR count). The van der Waals surface area contributed by atoms with Crippen molar-refractivity contribution in [1.82, 2.24) is 14.4 Å². The zero-order valence-corrected chi connectivity index (χ0v) is 20.4. The quantitative estimate of drug-likeness (QED) is 0.422. The molecule has 2 saturated heterocycles. The fourth-order valence-electron chi connectivity index (χ4n) is 4.53. The average molecular weight is 512 g/mol. The number of amides is 3. The van der Waals surface area contributed by atoms with Crippen molar-refractivity contribution in [3.05, 3.63) is 75.5 Å². The molecule has 6 nitrogen and oxygen atoms in total. The number of rotatable bonds is 5. The Balaban J connectivity index is 1.42. The van der Waals surface area contributed by atoms with Crippen LogP contribution in [0.2, 0.25) is 5.02 Å². The van der Waals surface area contributed by atoms with Crippen LogP contribution < -0.4 is 0 Å². The molecule has 0 N–H and O–H groups in total. The van der Waals surface area contributed by atoms with E-state index in [4.69, 9.17) is 11.6 Å². The highest BCUT2D eigenvalue weighted by Crippen LogP contribution is 2.34. The highest BCUT2D eigenvalue weighted by molar-refractivity contribution is 8.18. The Morgan fingerprint density at radius 2 is 1.83 bits per heavy atom. The fourth-order valence-corrected chi connectivity index (χ4v) is 5.58. The maximum absolute atomic E-state index is 14.4. The van der Waals surface area contributed by atoms with E-state index in [0.717, 1.165) is 52.4 Å². The highest BCUT2D eigenvalue weighted by atomic mass is 35.5. The second-order valence-corrected chi connectivity index (χ2v) is 10.0. The molecule has 180 valence electrons. The van der Waals surface area contributed by atoms with Crippen molar-refractivity contribution in [1.29, 1.82) is 0 Å². The van der Waals surface area contributed by atoms with E-state index in [9.17, 15) is 18.8 Å². The van der Waals surface area contributed by atoms with Gasteiger partial charge in [0.2, 0.25) is 5.91 Å². The lowest BCUT2D eigenvalue weighted by Gasteiger charge is -2.27. The van der Waals surface area contributed by atoms with Crippen LogP contribution >= 0.6 is 23.4 Å². The van der Waals surface area contributed by atoms with Crippen LogP contribution in [0.5, 0.6) is 0 Å². The van der Waals surface area contributed by atoms with Gasteiger partial charge in [-0.3, -0.25) is 19.3 Å². The third kappa shape index (κ3) is 4.73. The van der Waals surface area contributed by atoms with Crippen molar-refractivity contribution in [3.8, 4) is 0 Å². The number of nitrogens with zero attached hydrogens (tertiary/aromatic N) is 3. The van der Waals surface area contributed by atoms with Gasteiger partial charge in [-0.1, -0.05) is 35.9 Å². The van der Waals surface area contributed by atoms with Gasteiger partial charge in [0.1, 0.15) is 12.4 Å². The van der Waals surface area contributed by atoms with Crippen LogP contribution in [0, 0.1) is 5.82 Å². The van der Waals surface area contributed by atoms with Gasteiger partial charge in [-0.25, -0.2) is 4.39 Å². The van der Waals surface area contributed by atoms with Gasteiger partial charge in [-0.2, -0.15) is 0 Å². The second kappa shape index (κ2) is 9.87. The molecule has 2 aliphatic rings. The Kier molecular flexibility index (Phi) is 6.67. The standard InChI is InChI=1S/C26H23ClFN3O3S/c27-20-8-6-9-21(28)19(20)15-30-14-17(18-7-2-3-10-22(18)30)13-23-25(33)31(26(34)35-23)16-24(32)29-11-4-1-5-12-29/h2-3,6-10,13-14H,1,4-5,11-12,15-16H2/b23-13+. The average Bonchev–Trinajstić information content (AvgIpc) is 3.34. The molecule has 2 fully saturated rings. The molecule has 0 bridgehead atoms. The maximum atomic E-state index is 14.4. The summed E-state index contributed by atoms with van der Waals surface area (Å²) in [6.45, 7) is 1.30. The van der Waals surface area contributed by atoms with Crippen LogP contribution in [0.3, 0.4) is 0 Å². The highest BCUT2D eigenvalue weighted by Gasteiger charge is 2.37. The van der Waals surface area contributed by atoms with Gasteiger partial charge in [-0.05, 0) is 55.3 Å². The Morgan fingerprint density at radius 1 is 1.06 bits per heavy atom. The largest absolute Gasteiger partial charge is 0.342 e. The number of carbonyl (C=O) groups is 3. The minimum atomic E-state index is -0.473. The van der Waals surface area contributed by atoms with Crippen molar-refractivity contribution in [3.63, 3.8) is 0 Å². The topological polar surface area (TPSA) is 62.6 Å². The van der Waals surface area contributed by atoms with E-state index < -0.39 is 17.0 Å². The van der Waals surface area contributed by atoms with Crippen LogP contribution in [0.1, 0.15) is 30.4 Å². The monoisotopic (exact) mass is 511 g/mol. The molecular formula is C26H23ClFN3O3S. The van der Waals surface area contributed by atoms with E-state index in [-0.39, 0.29) is 23.9 Å². The molecule has 0 unspecified atom stereocenters. The maximum Gasteiger partial charge on any atom is 0.294 e. The number of fused-ring (bicyclic) bond motifs is 1. The number of benzene rings is 2. The normalized spacial score (nSPS) is 17.7. The van der Waals surface area contributed by atoms with E-state index in [1.165, 1.54) is 6.07 Å². The summed E-state index contributed by atoms with van der Waals surface area (Å²) in [5, 5.41) is 0.744. The van der Waals surface area contributed by atoms with Crippen molar-refractivity contribution < 1.29 is 18.8 Å². The van der Waals surface area contributed by atoms with E-state index in [1.807, 2.05) is 35.0 Å². The van der Waals surface area contributed by atoms with E-state index in [1.54, 1.807) is 23.1 Å². The first-order chi connectivity index (χ1) is 16.9. The van der Waals surface area contributed by atoms with Gasteiger partial charge < -0.3 is 9.47 Å². The van der Waals surface area contributed by atoms with E-state index in [2.05, 4.69) is 0 Å². The number of hydrogen-bond donors (Lipinski definition) is 0. The number of para-hydroxylation sites is 1. The lowest BCUT2D eigenvalue weighted by atomic mass is 10.1. The number of imide groups is 1.